The Balaban J connectivity index is 2.50. The highest BCUT2D eigenvalue weighted by atomic mass is 16.5. The Kier molecular flexibility index (Phi) is 1.46. The van der Waals surface area contributed by atoms with Gasteiger partial charge in [-0.3, -0.25) is 10.3 Å². The molecule has 0 saturated carbocycles. The number of carbonyl (C=O) groups excluding carboxylic acids is 1. The van der Waals surface area contributed by atoms with Gasteiger partial charge in [0.05, 0.1) is 5.69 Å². The van der Waals surface area contributed by atoms with Crippen LogP contribution in [0.5, 0.6) is 0 Å². The Hall–Kier alpha value is -1.58. The lowest BCUT2D eigenvalue weighted by atomic mass is 10.2. The van der Waals surface area contributed by atoms with E-state index >= 15 is 0 Å². The zero-order valence-electron chi connectivity index (χ0n) is 6.63. The van der Waals surface area contributed by atoms with Crippen LogP contribution < -0.4 is 5.32 Å². The van der Waals surface area contributed by atoms with Crippen molar-refractivity contribution in [3.63, 3.8) is 0 Å². The first-order chi connectivity index (χ1) is 5.77. The number of nitrogens with zero attached hydrogens (tertiary/aromatic N) is 1. The molecule has 2 heterocycles. The number of rotatable bonds is 0. The van der Waals surface area contributed by atoms with Crippen molar-refractivity contribution in [3.8, 4) is 0 Å². The minimum absolute atomic E-state index is 0.267. The van der Waals surface area contributed by atoms with Crippen molar-refractivity contribution in [2.45, 2.75) is 13.5 Å². The molecule has 0 aromatic carbocycles. The third-order valence-corrected chi connectivity index (χ3v) is 1.80. The van der Waals surface area contributed by atoms with Gasteiger partial charge in [0.1, 0.15) is 12.3 Å². The first kappa shape index (κ1) is 7.09. The number of aryl methyl sites for hydroxylation is 1. The van der Waals surface area contributed by atoms with Crippen molar-refractivity contribution in [2.24, 2.45) is 0 Å². The largest absolute Gasteiger partial charge is 0.443 e. The molecule has 1 aliphatic rings. The van der Waals surface area contributed by atoms with Crippen molar-refractivity contribution in [1.82, 2.24) is 4.98 Å². The molecule has 62 valence electrons. The van der Waals surface area contributed by atoms with Gasteiger partial charge in [0.2, 0.25) is 0 Å². The number of aromatic nitrogens is 1. The average Bonchev–Trinajstić information content (AvgIpc) is 2.07. The van der Waals surface area contributed by atoms with Crippen LogP contribution in [0.4, 0.5) is 10.5 Å². The minimum Gasteiger partial charge on any atom is -0.443 e. The fourth-order valence-electron chi connectivity index (χ4n) is 1.17. The number of nitrogens with one attached hydrogen (secondary N) is 1. The predicted octanol–water partition coefficient (Wildman–Crippen LogP) is 1.45. The smallest absolute Gasteiger partial charge is 0.412 e. The van der Waals surface area contributed by atoms with Crippen molar-refractivity contribution in [1.29, 1.82) is 0 Å². The van der Waals surface area contributed by atoms with E-state index in [0.717, 1.165) is 16.9 Å². The molecule has 1 aliphatic heterocycles. The summed E-state index contributed by atoms with van der Waals surface area (Å²) in [7, 11) is 0. The van der Waals surface area contributed by atoms with Crippen LogP contribution in [0.25, 0.3) is 0 Å². The number of ether oxygens (including phenoxy) is 1. The Morgan fingerprint density at radius 3 is 3.33 bits per heavy atom. The molecular weight excluding hydrogens is 156 g/mol. The number of carbonyl (C=O) groups is 1. The zero-order valence-corrected chi connectivity index (χ0v) is 6.63. The number of pyridine rings is 1. The maximum atomic E-state index is 10.8. The van der Waals surface area contributed by atoms with Crippen molar-refractivity contribution < 1.29 is 9.53 Å². The fraction of sp³-hybridized carbons (Fsp3) is 0.250. The van der Waals surface area contributed by atoms with E-state index in [9.17, 15) is 4.79 Å². The van der Waals surface area contributed by atoms with Crippen LogP contribution in [-0.2, 0) is 11.3 Å². The van der Waals surface area contributed by atoms with E-state index in [4.69, 9.17) is 4.74 Å². The summed E-state index contributed by atoms with van der Waals surface area (Å²) in [5.74, 6) is 0. The van der Waals surface area contributed by atoms with Crippen LogP contribution >= 0.6 is 0 Å². The van der Waals surface area contributed by atoms with Crippen molar-refractivity contribution >= 4 is 11.8 Å². The summed E-state index contributed by atoms with van der Waals surface area (Å²) in [6.45, 7) is 2.19. The SMILES string of the molecule is Cc1ccnc2c1NC(=O)OC2. The first-order valence-corrected chi connectivity index (χ1v) is 3.65. The van der Waals surface area contributed by atoms with Crippen LogP contribution in [0.1, 0.15) is 11.3 Å². The van der Waals surface area contributed by atoms with Gasteiger partial charge < -0.3 is 4.74 Å². The van der Waals surface area contributed by atoms with Gasteiger partial charge in [-0.2, -0.15) is 0 Å². The fourth-order valence-corrected chi connectivity index (χ4v) is 1.17. The van der Waals surface area contributed by atoms with E-state index in [2.05, 4.69) is 10.3 Å². The van der Waals surface area contributed by atoms with Gasteiger partial charge in [-0.15, -0.1) is 0 Å². The maximum Gasteiger partial charge on any atom is 0.412 e. The van der Waals surface area contributed by atoms with E-state index in [1.807, 2.05) is 13.0 Å². The normalized spacial score (nSPS) is 14.6. The summed E-state index contributed by atoms with van der Waals surface area (Å²) in [5, 5.41) is 2.60. The molecule has 0 fully saturated rings. The molecule has 1 N–H and O–H groups in total. The highest BCUT2D eigenvalue weighted by Gasteiger charge is 2.17. The van der Waals surface area contributed by atoms with Gasteiger partial charge in [0.25, 0.3) is 0 Å². The highest BCUT2D eigenvalue weighted by molar-refractivity contribution is 5.88. The summed E-state index contributed by atoms with van der Waals surface area (Å²) < 4.78 is 4.75. The molecular formula is C8H8N2O2. The van der Waals surface area contributed by atoms with Crippen LogP contribution in [0.2, 0.25) is 0 Å². The maximum absolute atomic E-state index is 10.8. The second kappa shape index (κ2) is 2.48. The molecule has 0 unspecified atom stereocenters. The molecule has 0 aliphatic carbocycles. The monoisotopic (exact) mass is 164 g/mol. The van der Waals surface area contributed by atoms with Crippen LogP contribution in [0, 0.1) is 6.92 Å². The second-order valence-corrected chi connectivity index (χ2v) is 2.65. The molecule has 12 heavy (non-hydrogen) atoms. The Bertz CT molecular complexity index is 336. The molecule has 4 nitrogen and oxygen atoms in total. The third-order valence-electron chi connectivity index (χ3n) is 1.80. The molecule has 2 rings (SSSR count). The summed E-state index contributed by atoms with van der Waals surface area (Å²) in [6.07, 6.45) is 1.30. The summed E-state index contributed by atoms with van der Waals surface area (Å²) in [4.78, 5) is 14.9. The standard InChI is InChI=1S/C8H8N2O2/c1-5-2-3-9-6-4-12-8(11)10-7(5)6/h2-3H,4H2,1H3,(H,10,11). The molecule has 0 bridgehead atoms. The Morgan fingerprint density at radius 2 is 2.50 bits per heavy atom. The Labute approximate surface area is 69.6 Å². The third kappa shape index (κ3) is 1.01. The van der Waals surface area contributed by atoms with Gasteiger partial charge in [0.15, 0.2) is 0 Å². The van der Waals surface area contributed by atoms with E-state index < -0.39 is 6.09 Å². The van der Waals surface area contributed by atoms with E-state index in [0.29, 0.717) is 0 Å². The predicted molar refractivity (Wildman–Crippen MR) is 42.8 cm³/mol. The van der Waals surface area contributed by atoms with Crippen LogP contribution in [0.3, 0.4) is 0 Å². The number of amides is 1. The number of fused-ring (bicyclic) bond motifs is 1. The number of anilines is 1. The number of hydrogen-bond donors (Lipinski definition) is 1. The van der Waals surface area contributed by atoms with Crippen molar-refractivity contribution in [3.05, 3.63) is 23.5 Å². The van der Waals surface area contributed by atoms with Crippen molar-refractivity contribution in [2.75, 3.05) is 5.32 Å². The number of hydrogen-bond acceptors (Lipinski definition) is 3. The van der Waals surface area contributed by atoms with Gasteiger partial charge in [-0.1, -0.05) is 0 Å². The Morgan fingerprint density at radius 1 is 1.67 bits per heavy atom. The van der Waals surface area contributed by atoms with E-state index in [1.165, 1.54) is 0 Å². The van der Waals surface area contributed by atoms with E-state index in [-0.39, 0.29) is 6.61 Å². The van der Waals surface area contributed by atoms with Crippen LogP contribution in [0.15, 0.2) is 12.3 Å². The summed E-state index contributed by atoms with van der Waals surface area (Å²) >= 11 is 0. The molecule has 0 radical (unpaired) electrons. The zero-order chi connectivity index (χ0) is 8.55. The number of cyclic esters (lactones) is 1. The minimum atomic E-state index is -0.404. The quantitative estimate of drug-likeness (QED) is 0.631. The van der Waals surface area contributed by atoms with Gasteiger partial charge in [-0.05, 0) is 18.6 Å². The lowest BCUT2D eigenvalue weighted by Gasteiger charge is -2.17. The first-order valence-electron chi connectivity index (χ1n) is 3.65. The second-order valence-electron chi connectivity index (χ2n) is 2.65. The lowest BCUT2D eigenvalue weighted by molar-refractivity contribution is 0.149. The summed E-state index contributed by atoms with van der Waals surface area (Å²) in [6, 6.07) is 1.85. The summed E-state index contributed by atoms with van der Waals surface area (Å²) in [5.41, 5.74) is 2.58. The van der Waals surface area contributed by atoms with Gasteiger partial charge in [-0.25, -0.2) is 4.79 Å². The topological polar surface area (TPSA) is 51.2 Å². The molecule has 1 aromatic rings. The lowest BCUT2D eigenvalue weighted by Crippen LogP contribution is -2.21. The molecule has 0 spiro atoms. The van der Waals surface area contributed by atoms with E-state index in [1.54, 1.807) is 6.20 Å². The van der Waals surface area contributed by atoms with Crippen LogP contribution in [-0.4, -0.2) is 11.1 Å². The van der Waals surface area contributed by atoms with Gasteiger partial charge in [0, 0.05) is 6.20 Å². The molecule has 4 heteroatoms. The molecule has 1 aromatic heterocycles. The average molecular weight is 164 g/mol. The molecule has 1 amide bonds. The molecule has 0 saturated heterocycles. The van der Waals surface area contributed by atoms with Gasteiger partial charge >= 0.3 is 6.09 Å². The highest BCUT2D eigenvalue weighted by Crippen LogP contribution is 2.22. The molecule has 0 atom stereocenters.